The molecular formula is C13H7NO3. The summed E-state index contributed by atoms with van der Waals surface area (Å²) in [7, 11) is 0. The number of hydrogen-bond acceptors (Lipinski definition) is 3. The van der Waals surface area contributed by atoms with Crippen molar-refractivity contribution in [2.45, 2.75) is 0 Å². The molecular weight excluding hydrogens is 218 g/mol. The second-order valence-corrected chi connectivity index (χ2v) is 3.82. The predicted molar refractivity (Wildman–Crippen MR) is 60.8 cm³/mol. The number of carbonyl (C=O) groups is 3. The highest BCUT2D eigenvalue weighted by atomic mass is 16.2. The van der Waals surface area contributed by atoms with Gasteiger partial charge in [0.05, 0.1) is 5.56 Å². The molecule has 2 aromatic rings. The SMILES string of the molecule is O=C1NC(=O)c2c(ccc3ccccc23)C1=O. The van der Waals surface area contributed by atoms with Gasteiger partial charge >= 0.3 is 0 Å². The highest BCUT2D eigenvalue weighted by Gasteiger charge is 2.31. The maximum atomic E-state index is 11.8. The minimum absolute atomic E-state index is 0.178. The first-order chi connectivity index (χ1) is 8.18. The van der Waals surface area contributed by atoms with E-state index >= 15 is 0 Å². The van der Waals surface area contributed by atoms with Gasteiger partial charge in [-0.2, -0.15) is 0 Å². The lowest BCUT2D eigenvalue weighted by Gasteiger charge is -2.15. The molecule has 2 amide bonds. The third-order valence-corrected chi connectivity index (χ3v) is 2.83. The van der Waals surface area contributed by atoms with E-state index in [1.807, 2.05) is 17.4 Å². The van der Waals surface area contributed by atoms with Crippen LogP contribution >= 0.6 is 0 Å². The third kappa shape index (κ3) is 1.27. The van der Waals surface area contributed by atoms with E-state index in [-0.39, 0.29) is 11.1 Å². The first-order valence-corrected chi connectivity index (χ1v) is 5.10. The van der Waals surface area contributed by atoms with E-state index < -0.39 is 17.6 Å². The number of amides is 2. The maximum absolute atomic E-state index is 11.8. The lowest BCUT2D eigenvalue weighted by Crippen LogP contribution is -2.42. The Hall–Kier alpha value is -2.49. The number of rotatable bonds is 0. The third-order valence-electron chi connectivity index (χ3n) is 2.83. The zero-order valence-corrected chi connectivity index (χ0v) is 8.69. The molecule has 0 unspecified atom stereocenters. The molecule has 0 fully saturated rings. The normalized spacial score (nSPS) is 14.7. The average molecular weight is 225 g/mol. The number of carbonyl (C=O) groups excluding carboxylic acids is 3. The fraction of sp³-hybridized carbons (Fsp3) is 0. The number of imide groups is 1. The van der Waals surface area contributed by atoms with Crippen LogP contribution in [-0.4, -0.2) is 17.6 Å². The van der Waals surface area contributed by atoms with E-state index in [1.165, 1.54) is 6.07 Å². The van der Waals surface area contributed by atoms with E-state index in [0.29, 0.717) is 5.39 Å². The summed E-state index contributed by atoms with van der Waals surface area (Å²) in [4.78, 5) is 34.6. The van der Waals surface area contributed by atoms with Crippen molar-refractivity contribution < 1.29 is 14.4 Å². The van der Waals surface area contributed by atoms with Crippen molar-refractivity contribution in [3.8, 4) is 0 Å². The molecule has 0 aliphatic carbocycles. The van der Waals surface area contributed by atoms with Crippen molar-refractivity contribution in [1.29, 1.82) is 0 Å². The van der Waals surface area contributed by atoms with Gasteiger partial charge in [-0.25, -0.2) is 0 Å². The molecule has 0 saturated heterocycles. The molecule has 0 atom stereocenters. The maximum Gasteiger partial charge on any atom is 0.299 e. The Labute approximate surface area is 96.2 Å². The van der Waals surface area contributed by atoms with Gasteiger partial charge < -0.3 is 0 Å². The summed E-state index contributed by atoms with van der Waals surface area (Å²) in [6.45, 7) is 0. The topological polar surface area (TPSA) is 63.2 Å². The number of hydrogen-bond donors (Lipinski definition) is 1. The number of nitrogens with one attached hydrogen (secondary N) is 1. The van der Waals surface area contributed by atoms with Gasteiger partial charge in [-0.05, 0) is 16.8 Å². The van der Waals surface area contributed by atoms with Crippen LogP contribution in [0.25, 0.3) is 10.8 Å². The highest BCUT2D eigenvalue weighted by Crippen LogP contribution is 2.24. The summed E-state index contributed by atoms with van der Waals surface area (Å²) < 4.78 is 0. The van der Waals surface area contributed by atoms with Crippen LogP contribution in [0.3, 0.4) is 0 Å². The lowest BCUT2D eigenvalue weighted by molar-refractivity contribution is -0.116. The fourth-order valence-corrected chi connectivity index (χ4v) is 2.05. The largest absolute Gasteiger partial charge is 0.299 e. The van der Waals surface area contributed by atoms with E-state index in [0.717, 1.165) is 5.39 Å². The molecule has 4 nitrogen and oxygen atoms in total. The van der Waals surface area contributed by atoms with Crippen LogP contribution in [0, 0.1) is 0 Å². The Morgan fingerprint density at radius 3 is 2.41 bits per heavy atom. The molecule has 0 saturated carbocycles. The molecule has 82 valence electrons. The van der Waals surface area contributed by atoms with Crippen molar-refractivity contribution in [3.63, 3.8) is 0 Å². The van der Waals surface area contributed by atoms with E-state index in [2.05, 4.69) is 0 Å². The highest BCUT2D eigenvalue weighted by molar-refractivity contribution is 6.50. The van der Waals surface area contributed by atoms with Gasteiger partial charge in [0.1, 0.15) is 0 Å². The van der Waals surface area contributed by atoms with E-state index in [9.17, 15) is 14.4 Å². The number of Topliss-reactive ketones (excluding diaryl/α,β-unsaturated/α-hetero) is 1. The predicted octanol–water partition coefficient (Wildman–Crippen LogP) is 1.29. The minimum atomic E-state index is -0.863. The monoisotopic (exact) mass is 225 g/mol. The number of benzene rings is 2. The molecule has 4 heteroatoms. The van der Waals surface area contributed by atoms with Crippen molar-refractivity contribution in [2.24, 2.45) is 0 Å². The Balaban J connectivity index is 2.44. The summed E-state index contributed by atoms with van der Waals surface area (Å²) in [6, 6.07) is 10.5. The second-order valence-electron chi connectivity index (χ2n) is 3.82. The molecule has 1 aliphatic rings. The van der Waals surface area contributed by atoms with Gasteiger partial charge in [-0.1, -0.05) is 30.3 Å². The van der Waals surface area contributed by atoms with Crippen molar-refractivity contribution >= 4 is 28.4 Å². The van der Waals surface area contributed by atoms with Crippen molar-refractivity contribution in [3.05, 3.63) is 47.5 Å². The molecule has 1 N–H and O–H groups in total. The van der Waals surface area contributed by atoms with Crippen molar-refractivity contribution in [2.75, 3.05) is 0 Å². The van der Waals surface area contributed by atoms with E-state index in [4.69, 9.17) is 0 Å². The molecule has 1 heterocycles. The zero-order valence-electron chi connectivity index (χ0n) is 8.69. The molecule has 3 rings (SSSR count). The molecule has 0 spiro atoms. The molecule has 1 aliphatic heterocycles. The summed E-state index contributed by atoms with van der Waals surface area (Å²) in [5.41, 5.74) is 0.463. The summed E-state index contributed by atoms with van der Waals surface area (Å²) >= 11 is 0. The van der Waals surface area contributed by atoms with E-state index in [1.54, 1.807) is 18.2 Å². The van der Waals surface area contributed by atoms with Gasteiger partial charge in [0.25, 0.3) is 17.6 Å². The zero-order chi connectivity index (χ0) is 12.0. The second kappa shape index (κ2) is 3.25. The Bertz CT molecular complexity index is 688. The first-order valence-electron chi connectivity index (χ1n) is 5.10. The molecule has 0 bridgehead atoms. The quantitative estimate of drug-likeness (QED) is 0.542. The number of fused-ring (bicyclic) bond motifs is 3. The van der Waals surface area contributed by atoms with Crippen LogP contribution in [-0.2, 0) is 4.79 Å². The van der Waals surface area contributed by atoms with Gasteiger partial charge in [-0.3, -0.25) is 19.7 Å². The smallest absolute Gasteiger partial charge is 0.285 e. The van der Waals surface area contributed by atoms with Crippen LogP contribution in [0.15, 0.2) is 36.4 Å². The van der Waals surface area contributed by atoms with Crippen LogP contribution in [0.4, 0.5) is 0 Å². The number of ketones is 1. The minimum Gasteiger partial charge on any atom is -0.285 e. The molecule has 17 heavy (non-hydrogen) atoms. The van der Waals surface area contributed by atoms with Gasteiger partial charge in [0, 0.05) is 5.56 Å². The summed E-state index contributed by atoms with van der Waals surface area (Å²) in [5.74, 6) is -2.04. The van der Waals surface area contributed by atoms with Crippen LogP contribution in [0.2, 0.25) is 0 Å². The van der Waals surface area contributed by atoms with Gasteiger partial charge in [-0.15, -0.1) is 0 Å². The van der Waals surface area contributed by atoms with Gasteiger partial charge in [0.2, 0.25) is 0 Å². The Kier molecular flexibility index (Phi) is 1.86. The summed E-state index contributed by atoms with van der Waals surface area (Å²) in [6.07, 6.45) is 0. The first kappa shape index (κ1) is 9.72. The fourth-order valence-electron chi connectivity index (χ4n) is 2.05. The Morgan fingerprint density at radius 1 is 0.824 bits per heavy atom. The Morgan fingerprint density at radius 2 is 1.59 bits per heavy atom. The van der Waals surface area contributed by atoms with Crippen molar-refractivity contribution in [1.82, 2.24) is 5.32 Å². The summed E-state index contributed by atoms with van der Waals surface area (Å²) in [5, 5.41) is 3.60. The molecule has 2 aromatic carbocycles. The van der Waals surface area contributed by atoms with Crippen LogP contribution in [0.5, 0.6) is 0 Å². The average Bonchev–Trinajstić information content (AvgIpc) is 2.35. The lowest BCUT2D eigenvalue weighted by atomic mass is 9.93. The molecule has 0 aromatic heterocycles. The molecule has 0 radical (unpaired) electrons. The van der Waals surface area contributed by atoms with Crippen LogP contribution < -0.4 is 5.32 Å². The standard InChI is InChI=1S/C13H7NO3/c15-11-9-6-5-7-3-1-2-4-8(7)10(9)12(16)14-13(11)17/h1-6H,(H,14,16,17). The van der Waals surface area contributed by atoms with Gasteiger partial charge in [0.15, 0.2) is 0 Å². The van der Waals surface area contributed by atoms with Crippen LogP contribution in [0.1, 0.15) is 20.7 Å².